The maximum absolute atomic E-state index is 12.4. The first kappa shape index (κ1) is 16.6. The van der Waals surface area contributed by atoms with Crippen LogP contribution in [-0.2, 0) is 5.75 Å². The minimum absolute atomic E-state index is 0.168. The summed E-state index contributed by atoms with van der Waals surface area (Å²) < 4.78 is 42.2. The first-order valence-corrected chi connectivity index (χ1v) is 8.11. The van der Waals surface area contributed by atoms with Gasteiger partial charge in [-0.1, -0.05) is 31.3 Å². The van der Waals surface area contributed by atoms with Crippen LogP contribution >= 0.6 is 11.8 Å². The van der Waals surface area contributed by atoms with Crippen molar-refractivity contribution in [2.45, 2.75) is 68.2 Å². The topological polar surface area (TPSA) is 59.2 Å². The SMILES string of the molecule is CC(c1nc(CSC2CCCCC2)no1)C(O)C(F)(F)F. The molecule has 21 heavy (non-hydrogen) atoms. The summed E-state index contributed by atoms with van der Waals surface area (Å²) in [6.07, 6.45) is -1.12. The van der Waals surface area contributed by atoms with Crippen molar-refractivity contribution in [3.05, 3.63) is 11.7 Å². The number of thioether (sulfide) groups is 1. The van der Waals surface area contributed by atoms with E-state index in [9.17, 15) is 18.3 Å². The van der Waals surface area contributed by atoms with Crippen molar-refractivity contribution in [3.8, 4) is 0 Å². The highest BCUT2D eigenvalue weighted by atomic mass is 32.2. The van der Waals surface area contributed by atoms with Crippen LogP contribution in [0.4, 0.5) is 13.2 Å². The molecule has 0 radical (unpaired) electrons. The quantitative estimate of drug-likeness (QED) is 0.895. The van der Waals surface area contributed by atoms with Gasteiger partial charge in [-0.15, -0.1) is 0 Å². The number of aromatic nitrogens is 2. The van der Waals surface area contributed by atoms with Gasteiger partial charge in [-0.2, -0.15) is 29.9 Å². The molecule has 1 N–H and O–H groups in total. The van der Waals surface area contributed by atoms with Gasteiger partial charge in [0.05, 0.1) is 11.7 Å². The molecule has 2 atom stereocenters. The van der Waals surface area contributed by atoms with Crippen molar-refractivity contribution in [1.29, 1.82) is 0 Å². The summed E-state index contributed by atoms with van der Waals surface area (Å²) in [6.45, 7) is 1.23. The molecular formula is C13H19F3N2O2S. The summed E-state index contributed by atoms with van der Waals surface area (Å²) >= 11 is 1.72. The smallest absolute Gasteiger partial charge is 0.383 e. The van der Waals surface area contributed by atoms with E-state index in [1.54, 1.807) is 11.8 Å². The summed E-state index contributed by atoms with van der Waals surface area (Å²) in [5.41, 5.74) is 0. The Morgan fingerprint density at radius 2 is 2.00 bits per heavy atom. The number of rotatable bonds is 5. The highest BCUT2D eigenvalue weighted by molar-refractivity contribution is 7.99. The van der Waals surface area contributed by atoms with Gasteiger partial charge < -0.3 is 9.63 Å². The van der Waals surface area contributed by atoms with Crippen LogP contribution < -0.4 is 0 Å². The van der Waals surface area contributed by atoms with Crippen molar-refractivity contribution >= 4 is 11.8 Å². The zero-order valence-electron chi connectivity index (χ0n) is 11.8. The average molecular weight is 324 g/mol. The van der Waals surface area contributed by atoms with E-state index in [1.807, 2.05) is 0 Å². The van der Waals surface area contributed by atoms with E-state index in [0.29, 0.717) is 16.8 Å². The van der Waals surface area contributed by atoms with Crippen LogP contribution in [-0.4, -0.2) is 32.8 Å². The molecule has 0 aliphatic heterocycles. The Morgan fingerprint density at radius 1 is 1.33 bits per heavy atom. The molecule has 0 spiro atoms. The molecule has 1 fully saturated rings. The monoisotopic (exact) mass is 324 g/mol. The summed E-state index contributed by atoms with van der Waals surface area (Å²) in [7, 11) is 0. The Kier molecular flexibility index (Phi) is 5.54. The molecule has 0 aromatic carbocycles. The van der Waals surface area contributed by atoms with E-state index in [0.717, 1.165) is 0 Å². The standard InChI is InChI=1S/C13H19F3N2O2S/c1-8(11(19)13(14,15)16)12-17-10(18-20-12)7-21-9-5-3-2-4-6-9/h8-9,11,19H,2-7H2,1H3. The number of hydrogen-bond acceptors (Lipinski definition) is 5. The first-order valence-electron chi connectivity index (χ1n) is 7.07. The Morgan fingerprint density at radius 3 is 2.62 bits per heavy atom. The van der Waals surface area contributed by atoms with E-state index < -0.39 is 18.2 Å². The maximum atomic E-state index is 12.4. The lowest BCUT2D eigenvalue weighted by molar-refractivity contribution is -0.210. The van der Waals surface area contributed by atoms with Gasteiger partial charge >= 0.3 is 6.18 Å². The molecule has 0 saturated heterocycles. The van der Waals surface area contributed by atoms with Crippen molar-refractivity contribution in [2.75, 3.05) is 0 Å². The molecule has 4 nitrogen and oxygen atoms in total. The van der Waals surface area contributed by atoms with Crippen LogP contribution in [0.25, 0.3) is 0 Å². The van der Waals surface area contributed by atoms with Gasteiger partial charge in [-0.05, 0) is 12.8 Å². The van der Waals surface area contributed by atoms with E-state index in [-0.39, 0.29) is 5.89 Å². The van der Waals surface area contributed by atoms with Crippen molar-refractivity contribution < 1.29 is 22.8 Å². The molecule has 0 amide bonds. The predicted octanol–water partition coefficient (Wildman–Crippen LogP) is 3.66. The third-order valence-corrected chi connectivity index (χ3v) is 5.05. The molecule has 0 bridgehead atoms. The van der Waals surface area contributed by atoms with Crippen LogP contribution in [0.15, 0.2) is 4.52 Å². The molecule has 2 rings (SSSR count). The maximum Gasteiger partial charge on any atom is 0.415 e. The van der Waals surface area contributed by atoms with Crippen molar-refractivity contribution in [1.82, 2.24) is 10.1 Å². The van der Waals surface area contributed by atoms with Gasteiger partial charge in [-0.3, -0.25) is 0 Å². The minimum Gasteiger partial charge on any atom is -0.383 e. The second-order valence-electron chi connectivity index (χ2n) is 5.39. The molecule has 2 unspecified atom stereocenters. The Hall–Kier alpha value is -0.760. The molecular weight excluding hydrogens is 305 g/mol. The van der Waals surface area contributed by atoms with Crippen molar-refractivity contribution in [2.24, 2.45) is 0 Å². The van der Waals surface area contributed by atoms with Gasteiger partial charge in [0.25, 0.3) is 0 Å². The molecule has 1 aliphatic carbocycles. The van der Waals surface area contributed by atoms with Gasteiger partial charge in [-0.25, -0.2) is 0 Å². The Labute approximate surface area is 125 Å². The summed E-state index contributed by atoms with van der Waals surface area (Å²) in [6, 6.07) is 0. The fourth-order valence-corrected chi connectivity index (χ4v) is 3.52. The van der Waals surface area contributed by atoms with E-state index in [1.165, 1.54) is 39.0 Å². The Bertz CT molecular complexity index is 447. The molecule has 1 saturated carbocycles. The fraction of sp³-hybridized carbons (Fsp3) is 0.846. The van der Waals surface area contributed by atoms with Crippen LogP contribution in [0.2, 0.25) is 0 Å². The summed E-state index contributed by atoms with van der Waals surface area (Å²) in [5.74, 6) is -0.505. The average Bonchev–Trinajstić information content (AvgIpc) is 2.92. The van der Waals surface area contributed by atoms with Crippen LogP contribution in [0, 0.1) is 0 Å². The fourth-order valence-electron chi connectivity index (χ4n) is 2.35. The lowest BCUT2D eigenvalue weighted by Crippen LogP contribution is -2.33. The van der Waals surface area contributed by atoms with Gasteiger partial charge in [0.15, 0.2) is 11.9 Å². The lowest BCUT2D eigenvalue weighted by Gasteiger charge is -2.20. The highest BCUT2D eigenvalue weighted by Gasteiger charge is 2.44. The highest BCUT2D eigenvalue weighted by Crippen LogP contribution is 2.32. The second kappa shape index (κ2) is 7.00. The van der Waals surface area contributed by atoms with E-state index in [2.05, 4.69) is 10.1 Å². The molecule has 1 heterocycles. The van der Waals surface area contributed by atoms with E-state index in [4.69, 9.17) is 4.52 Å². The molecule has 1 aliphatic rings. The normalized spacial score (nSPS) is 20.4. The largest absolute Gasteiger partial charge is 0.415 e. The lowest BCUT2D eigenvalue weighted by atomic mass is 10.0. The van der Waals surface area contributed by atoms with Gasteiger partial charge in [0.1, 0.15) is 0 Å². The third kappa shape index (κ3) is 4.60. The third-order valence-electron chi connectivity index (χ3n) is 3.68. The van der Waals surface area contributed by atoms with Crippen molar-refractivity contribution in [3.63, 3.8) is 0 Å². The molecule has 120 valence electrons. The Balaban J connectivity index is 1.88. The number of hydrogen-bond donors (Lipinski definition) is 1. The molecule has 8 heteroatoms. The number of aliphatic hydroxyl groups is 1. The number of halogens is 3. The predicted molar refractivity (Wildman–Crippen MR) is 72.9 cm³/mol. The van der Waals surface area contributed by atoms with E-state index >= 15 is 0 Å². The number of nitrogens with zero attached hydrogens (tertiary/aromatic N) is 2. The number of alkyl halides is 3. The zero-order chi connectivity index (χ0) is 15.5. The van der Waals surface area contributed by atoms with Gasteiger partial charge in [0, 0.05) is 5.25 Å². The van der Waals surface area contributed by atoms with Crippen LogP contribution in [0.1, 0.15) is 56.7 Å². The first-order chi connectivity index (χ1) is 9.88. The minimum atomic E-state index is -4.69. The van der Waals surface area contributed by atoms with Crippen LogP contribution in [0.5, 0.6) is 0 Å². The molecule has 1 aromatic rings. The van der Waals surface area contributed by atoms with Gasteiger partial charge in [0.2, 0.25) is 5.89 Å². The number of aliphatic hydroxyl groups excluding tert-OH is 1. The van der Waals surface area contributed by atoms with Crippen LogP contribution in [0.3, 0.4) is 0 Å². The zero-order valence-corrected chi connectivity index (χ0v) is 12.6. The second-order valence-corrected chi connectivity index (χ2v) is 6.68. The summed E-state index contributed by atoms with van der Waals surface area (Å²) in [5, 5.41) is 13.5. The summed E-state index contributed by atoms with van der Waals surface area (Å²) in [4.78, 5) is 3.97. The molecule has 1 aromatic heterocycles.